The summed E-state index contributed by atoms with van der Waals surface area (Å²) in [6.45, 7) is 2.22. The number of hydrogen-bond donors (Lipinski definition) is 0. The topological polar surface area (TPSA) is 23.8 Å². The van der Waals surface area contributed by atoms with Crippen LogP contribution >= 0.6 is 0 Å². The largest absolute Gasteiger partial charge is 0.192 e. The van der Waals surface area contributed by atoms with Crippen molar-refractivity contribution in [2.75, 3.05) is 0 Å². The predicted molar refractivity (Wildman–Crippen MR) is 84.4 cm³/mol. The van der Waals surface area contributed by atoms with Crippen LogP contribution in [0.2, 0.25) is 0 Å². The highest BCUT2D eigenvalue weighted by Gasteiger charge is 2.05. The van der Waals surface area contributed by atoms with E-state index in [0.29, 0.717) is 0 Å². The zero-order valence-corrected chi connectivity index (χ0v) is 12.1. The number of unbranched alkanes of at least 4 members (excludes halogenated alkanes) is 3. The lowest BCUT2D eigenvalue weighted by Crippen LogP contribution is -1.90. The fourth-order valence-corrected chi connectivity index (χ4v) is 2.46. The minimum absolute atomic E-state index is 0.782. The van der Waals surface area contributed by atoms with Crippen molar-refractivity contribution in [3.8, 4) is 17.2 Å². The van der Waals surface area contributed by atoms with Gasteiger partial charge in [-0.2, -0.15) is 5.26 Å². The third kappa shape index (κ3) is 3.71. The lowest BCUT2D eigenvalue weighted by molar-refractivity contribution is 0.667. The Kier molecular flexibility index (Phi) is 5.38. The van der Waals surface area contributed by atoms with Crippen molar-refractivity contribution in [2.24, 2.45) is 0 Å². The molecule has 0 atom stereocenters. The summed E-state index contributed by atoms with van der Waals surface area (Å²) >= 11 is 0. The Morgan fingerprint density at radius 3 is 2.45 bits per heavy atom. The van der Waals surface area contributed by atoms with Gasteiger partial charge < -0.3 is 0 Å². The molecule has 0 N–H and O–H groups in total. The summed E-state index contributed by atoms with van der Waals surface area (Å²) in [5, 5.41) is 9.36. The fraction of sp³-hybridized carbons (Fsp3) is 0.316. The molecule has 0 aliphatic carbocycles. The van der Waals surface area contributed by atoms with Crippen molar-refractivity contribution in [2.45, 2.75) is 39.0 Å². The van der Waals surface area contributed by atoms with Crippen LogP contribution in [-0.2, 0) is 6.42 Å². The second kappa shape index (κ2) is 7.50. The summed E-state index contributed by atoms with van der Waals surface area (Å²) in [5.41, 5.74) is 4.20. The monoisotopic (exact) mass is 263 g/mol. The summed E-state index contributed by atoms with van der Waals surface area (Å²) < 4.78 is 0. The van der Waals surface area contributed by atoms with Crippen LogP contribution in [0.15, 0.2) is 48.5 Å². The molecule has 20 heavy (non-hydrogen) atoms. The van der Waals surface area contributed by atoms with Crippen molar-refractivity contribution in [1.29, 1.82) is 5.26 Å². The van der Waals surface area contributed by atoms with E-state index in [1.165, 1.54) is 31.2 Å². The van der Waals surface area contributed by atoms with E-state index in [9.17, 15) is 5.26 Å². The van der Waals surface area contributed by atoms with E-state index in [0.717, 1.165) is 23.1 Å². The van der Waals surface area contributed by atoms with E-state index in [2.05, 4.69) is 37.3 Å². The number of rotatable bonds is 6. The first-order valence-corrected chi connectivity index (χ1v) is 7.43. The third-order valence-corrected chi connectivity index (χ3v) is 3.61. The molecule has 102 valence electrons. The maximum atomic E-state index is 9.36. The first-order chi connectivity index (χ1) is 9.85. The van der Waals surface area contributed by atoms with Crippen molar-refractivity contribution in [3.63, 3.8) is 0 Å². The molecule has 0 aliphatic rings. The van der Waals surface area contributed by atoms with Crippen LogP contribution in [0.25, 0.3) is 11.1 Å². The minimum atomic E-state index is 0.782. The fourth-order valence-electron chi connectivity index (χ4n) is 2.46. The molecule has 0 bridgehead atoms. The molecular formula is C19H21N. The second-order valence-electron chi connectivity index (χ2n) is 5.17. The van der Waals surface area contributed by atoms with Crippen LogP contribution in [-0.4, -0.2) is 0 Å². The number of nitrogens with zero attached hydrogens (tertiary/aromatic N) is 1. The molecule has 0 heterocycles. The number of hydrogen-bond acceptors (Lipinski definition) is 1. The molecule has 2 rings (SSSR count). The summed E-state index contributed by atoms with van der Waals surface area (Å²) in [5.74, 6) is 0. The highest BCUT2D eigenvalue weighted by Crippen LogP contribution is 2.24. The molecule has 0 radical (unpaired) electrons. The van der Waals surface area contributed by atoms with Crippen molar-refractivity contribution >= 4 is 0 Å². The summed E-state index contributed by atoms with van der Waals surface area (Å²) in [4.78, 5) is 0. The molecule has 1 nitrogen and oxygen atoms in total. The molecule has 0 aromatic heterocycles. The van der Waals surface area contributed by atoms with Crippen LogP contribution in [0.3, 0.4) is 0 Å². The van der Waals surface area contributed by atoms with Gasteiger partial charge in [0.05, 0.1) is 11.6 Å². The summed E-state index contributed by atoms with van der Waals surface area (Å²) in [6, 6.07) is 18.8. The molecule has 2 aromatic carbocycles. The van der Waals surface area contributed by atoms with E-state index in [4.69, 9.17) is 0 Å². The first-order valence-electron chi connectivity index (χ1n) is 7.43. The van der Waals surface area contributed by atoms with Gasteiger partial charge in [-0.1, -0.05) is 68.7 Å². The molecule has 0 spiro atoms. The normalized spacial score (nSPS) is 10.2. The van der Waals surface area contributed by atoms with Gasteiger partial charge in [-0.25, -0.2) is 0 Å². The van der Waals surface area contributed by atoms with E-state index in [1.807, 2.05) is 24.3 Å². The van der Waals surface area contributed by atoms with Gasteiger partial charge in [-0.05, 0) is 35.6 Å². The molecule has 0 fully saturated rings. The van der Waals surface area contributed by atoms with Crippen molar-refractivity contribution in [3.05, 3.63) is 59.7 Å². The minimum Gasteiger partial charge on any atom is -0.192 e. The van der Waals surface area contributed by atoms with Gasteiger partial charge >= 0.3 is 0 Å². The molecular weight excluding hydrogens is 242 g/mol. The van der Waals surface area contributed by atoms with E-state index in [-0.39, 0.29) is 0 Å². The molecule has 0 unspecified atom stereocenters. The molecule has 0 amide bonds. The molecule has 1 heteroatoms. The molecule has 0 aliphatic heterocycles. The standard InChI is InChI=1S/C19H21N/c1-2-3-4-6-9-16-12-13-19(18(14-16)15-20)17-10-7-5-8-11-17/h5,7-8,10-14H,2-4,6,9H2,1H3. The van der Waals surface area contributed by atoms with Crippen molar-refractivity contribution in [1.82, 2.24) is 0 Å². The van der Waals surface area contributed by atoms with Gasteiger partial charge in [0.1, 0.15) is 0 Å². The number of nitriles is 1. The summed E-state index contributed by atoms with van der Waals surface area (Å²) in [6.07, 6.45) is 6.12. The zero-order valence-electron chi connectivity index (χ0n) is 12.1. The highest BCUT2D eigenvalue weighted by molar-refractivity contribution is 5.70. The van der Waals surface area contributed by atoms with Gasteiger partial charge in [-0.3, -0.25) is 0 Å². The lowest BCUT2D eigenvalue weighted by Gasteiger charge is -2.07. The first kappa shape index (κ1) is 14.3. The van der Waals surface area contributed by atoms with Gasteiger partial charge in [0, 0.05) is 0 Å². The van der Waals surface area contributed by atoms with E-state index in [1.54, 1.807) is 0 Å². The Balaban J connectivity index is 2.15. The summed E-state index contributed by atoms with van der Waals surface area (Å²) in [7, 11) is 0. The lowest BCUT2D eigenvalue weighted by atomic mass is 9.96. The van der Waals surface area contributed by atoms with Crippen LogP contribution in [0.5, 0.6) is 0 Å². The Bertz CT molecular complexity index is 578. The average molecular weight is 263 g/mol. The molecule has 2 aromatic rings. The van der Waals surface area contributed by atoms with Gasteiger partial charge in [-0.15, -0.1) is 0 Å². The SMILES string of the molecule is CCCCCCc1ccc(-c2ccccc2)c(C#N)c1. The van der Waals surface area contributed by atoms with Crippen LogP contribution in [0.4, 0.5) is 0 Å². The van der Waals surface area contributed by atoms with Crippen LogP contribution < -0.4 is 0 Å². The van der Waals surface area contributed by atoms with E-state index >= 15 is 0 Å². The van der Waals surface area contributed by atoms with Crippen LogP contribution in [0, 0.1) is 11.3 Å². The molecule has 0 saturated heterocycles. The zero-order chi connectivity index (χ0) is 14.2. The second-order valence-corrected chi connectivity index (χ2v) is 5.17. The molecule has 0 saturated carbocycles. The Labute approximate surface area is 121 Å². The van der Waals surface area contributed by atoms with Gasteiger partial charge in [0.25, 0.3) is 0 Å². The predicted octanol–water partition coefficient (Wildman–Crippen LogP) is 5.35. The smallest absolute Gasteiger partial charge is 0.0998 e. The Morgan fingerprint density at radius 2 is 1.75 bits per heavy atom. The van der Waals surface area contributed by atoms with Gasteiger partial charge in [0.2, 0.25) is 0 Å². The third-order valence-electron chi connectivity index (χ3n) is 3.61. The van der Waals surface area contributed by atoms with Crippen LogP contribution in [0.1, 0.15) is 43.7 Å². The number of benzene rings is 2. The quantitative estimate of drug-likeness (QED) is 0.645. The van der Waals surface area contributed by atoms with Crippen molar-refractivity contribution < 1.29 is 0 Å². The number of aryl methyl sites for hydroxylation is 1. The maximum Gasteiger partial charge on any atom is 0.0998 e. The highest BCUT2D eigenvalue weighted by atomic mass is 14.2. The Hall–Kier alpha value is -2.07. The average Bonchev–Trinajstić information content (AvgIpc) is 2.52. The van der Waals surface area contributed by atoms with E-state index < -0.39 is 0 Å². The Morgan fingerprint density at radius 1 is 0.950 bits per heavy atom. The maximum absolute atomic E-state index is 9.36. The van der Waals surface area contributed by atoms with Gasteiger partial charge in [0.15, 0.2) is 0 Å².